The molecule has 0 saturated carbocycles. The van der Waals surface area contributed by atoms with Gasteiger partial charge in [-0.1, -0.05) is 18.2 Å². The van der Waals surface area contributed by atoms with Gasteiger partial charge >= 0.3 is 6.03 Å². The Balaban J connectivity index is 1.62. The van der Waals surface area contributed by atoms with Crippen LogP contribution < -0.4 is 16.4 Å². The van der Waals surface area contributed by atoms with E-state index >= 15 is 0 Å². The maximum Gasteiger partial charge on any atom is 0.314 e. The van der Waals surface area contributed by atoms with Crippen LogP contribution >= 0.6 is 0 Å². The Hall–Kier alpha value is -2.57. The molecule has 1 aliphatic heterocycles. The van der Waals surface area contributed by atoms with Crippen LogP contribution in [0.2, 0.25) is 0 Å². The SMILES string of the molecule is NC(=O)N1CC(NC(=O)CCNC(=O)c2ccccc2)C1. The molecule has 0 aromatic heterocycles. The minimum Gasteiger partial charge on any atom is -0.352 e. The van der Waals surface area contributed by atoms with Gasteiger partial charge in [0.2, 0.25) is 5.91 Å². The number of nitrogens with zero attached hydrogens (tertiary/aromatic N) is 1. The summed E-state index contributed by atoms with van der Waals surface area (Å²) in [6.45, 7) is 1.15. The summed E-state index contributed by atoms with van der Waals surface area (Å²) in [4.78, 5) is 35.6. The number of nitrogens with one attached hydrogen (secondary N) is 2. The van der Waals surface area contributed by atoms with E-state index < -0.39 is 6.03 Å². The van der Waals surface area contributed by atoms with Crippen molar-refractivity contribution in [3.63, 3.8) is 0 Å². The van der Waals surface area contributed by atoms with Gasteiger partial charge in [-0.15, -0.1) is 0 Å². The minimum atomic E-state index is -0.476. The molecular formula is C14H18N4O3. The highest BCUT2D eigenvalue weighted by molar-refractivity contribution is 5.94. The molecule has 1 saturated heterocycles. The third-order valence-electron chi connectivity index (χ3n) is 3.23. The molecule has 1 aliphatic rings. The van der Waals surface area contributed by atoms with Crippen molar-refractivity contribution in [1.82, 2.24) is 15.5 Å². The topological polar surface area (TPSA) is 105 Å². The normalized spacial score (nSPS) is 14.2. The largest absolute Gasteiger partial charge is 0.352 e. The van der Waals surface area contributed by atoms with Crippen LogP contribution in [0.4, 0.5) is 4.79 Å². The maximum atomic E-state index is 11.7. The molecule has 0 spiro atoms. The van der Waals surface area contributed by atoms with Crippen LogP contribution in [0.3, 0.4) is 0 Å². The van der Waals surface area contributed by atoms with Crippen LogP contribution in [0, 0.1) is 0 Å². The average Bonchev–Trinajstić information content (AvgIpc) is 2.42. The quantitative estimate of drug-likeness (QED) is 0.692. The minimum absolute atomic E-state index is 0.0465. The van der Waals surface area contributed by atoms with Crippen LogP contribution in [-0.2, 0) is 4.79 Å². The van der Waals surface area contributed by atoms with Crippen molar-refractivity contribution in [3.05, 3.63) is 35.9 Å². The Kier molecular flexibility index (Phi) is 4.76. The Labute approximate surface area is 122 Å². The molecule has 0 aliphatic carbocycles. The predicted octanol–water partition coefficient (Wildman–Crippen LogP) is -0.314. The highest BCUT2D eigenvalue weighted by Gasteiger charge is 2.29. The third kappa shape index (κ3) is 4.20. The number of likely N-dealkylation sites (tertiary alicyclic amines) is 1. The van der Waals surface area contributed by atoms with E-state index in [0.29, 0.717) is 18.7 Å². The smallest absolute Gasteiger partial charge is 0.314 e. The summed E-state index contributed by atoms with van der Waals surface area (Å²) in [5.74, 6) is -0.357. The molecule has 0 bridgehead atoms. The van der Waals surface area contributed by atoms with Crippen molar-refractivity contribution < 1.29 is 14.4 Å². The van der Waals surface area contributed by atoms with Crippen molar-refractivity contribution in [1.29, 1.82) is 0 Å². The van der Waals surface area contributed by atoms with Crippen LogP contribution in [0.25, 0.3) is 0 Å². The summed E-state index contributed by atoms with van der Waals surface area (Å²) in [6.07, 6.45) is 0.200. The molecule has 0 unspecified atom stereocenters. The lowest BCUT2D eigenvalue weighted by Gasteiger charge is -2.38. The van der Waals surface area contributed by atoms with Gasteiger partial charge in [0, 0.05) is 31.6 Å². The molecule has 7 nitrogen and oxygen atoms in total. The highest BCUT2D eigenvalue weighted by Crippen LogP contribution is 2.06. The van der Waals surface area contributed by atoms with Crippen LogP contribution in [-0.4, -0.2) is 48.4 Å². The van der Waals surface area contributed by atoms with Gasteiger partial charge in [0.05, 0.1) is 6.04 Å². The van der Waals surface area contributed by atoms with Crippen LogP contribution in [0.1, 0.15) is 16.8 Å². The van der Waals surface area contributed by atoms with E-state index in [2.05, 4.69) is 10.6 Å². The van der Waals surface area contributed by atoms with Crippen molar-refractivity contribution in [2.75, 3.05) is 19.6 Å². The second-order valence-electron chi connectivity index (χ2n) is 4.88. The molecular weight excluding hydrogens is 272 g/mol. The maximum absolute atomic E-state index is 11.7. The molecule has 4 amide bonds. The van der Waals surface area contributed by atoms with E-state index in [1.54, 1.807) is 24.3 Å². The molecule has 21 heavy (non-hydrogen) atoms. The molecule has 2 rings (SSSR count). The summed E-state index contributed by atoms with van der Waals surface area (Å²) >= 11 is 0. The second kappa shape index (κ2) is 6.74. The number of benzene rings is 1. The molecule has 0 radical (unpaired) electrons. The van der Waals surface area contributed by atoms with Gasteiger partial charge in [0.1, 0.15) is 0 Å². The molecule has 0 atom stereocenters. The Morgan fingerprint density at radius 1 is 1.19 bits per heavy atom. The fraction of sp³-hybridized carbons (Fsp3) is 0.357. The number of amides is 4. The van der Waals surface area contributed by atoms with E-state index in [1.807, 2.05) is 6.07 Å². The van der Waals surface area contributed by atoms with Gasteiger partial charge < -0.3 is 21.3 Å². The monoisotopic (exact) mass is 290 g/mol. The number of carbonyl (C=O) groups excluding carboxylic acids is 3. The molecule has 4 N–H and O–H groups in total. The van der Waals surface area contributed by atoms with Crippen LogP contribution in [0.15, 0.2) is 30.3 Å². The summed E-state index contributed by atoms with van der Waals surface area (Å²) in [6, 6.07) is 8.29. The average molecular weight is 290 g/mol. The fourth-order valence-electron chi connectivity index (χ4n) is 2.03. The lowest BCUT2D eigenvalue weighted by molar-refractivity contribution is -0.122. The molecule has 1 fully saturated rings. The van der Waals surface area contributed by atoms with Crippen LogP contribution in [0.5, 0.6) is 0 Å². The van der Waals surface area contributed by atoms with Gasteiger partial charge in [0.25, 0.3) is 5.91 Å². The summed E-state index contributed by atoms with van der Waals surface area (Å²) < 4.78 is 0. The highest BCUT2D eigenvalue weighted by atomic mass is 16.2. The lowest BCUT2D eigenvalue weighted by atomic mass is 10.1. The Morgan fingerprint density at radius 2 is 1.86 bits per heavy atom. The molecule has 1 heterocycles. The first-order valence-corrected chi connectivity index (χ1v) is 6.73. The molecule has 112 valence electrons. The third-order valence-corrected chi connectivity index (χ3v) is 3.23. The molecule has 7 heteroatoms. The van der Waals surface area contributed by atoms with E-state index in [9.17, 15) is 14.4 Å². The first-order chi connectivity index (χ1) is 10.1. The number of rotatable bonds is 5. The van der Waals surface area contributed by atoms with Crippen molar-refractivity contribution in [2.24, 2.45) is 5.73 Å². The molecule has 1 aromatic rings. The number of hydrogen-bond donors (Lipinski definition) is 3. The van der Waals surface area contributed by atoms with Gasteiger partial charge in [-0.25, -0.2) is 4.79 Å². The number of hydrogen-bond acceptors (Lipinski definition) is 3. The van der Waals surface area contributed by atoms with Gasteiger partial charge in [0.15, 0.2) is 0 Å². The first kappa shape index (κ1) is 14.8. The molecule has 1 aromatic carbocycles. The van der Waals surface area contributed by atoms with E-state index in [4.69, 9.17) is 5.73 Å². The summed E-state index contributed by atoms with van der Waals surface area (Å²) in [5.41, 5.74) is 5.65. The van der Waals surface area contributed by atoms with Gasteiger partial charge in [-0.2, -0.15) is 0 Å². The number of primary amides is 1. The fourth-order valence-corrected chi connectivity index (χ4v) is 2.03. The lowest BCUT2D eigenvalue weighted by Crippen LogP contribution is -2.62. The first-order valence-electron chi connectivity index (χ1n) is 6.73. The zero-order valence-electron chi connectivity index (χ0n) is 11.5. The number of urea groups is 1. The number of nitrogens with two attached hydrogens (primary N) is 1. The number of carbonyl (C=O) groups is 3. The van der Waals surface area contributed by atoms with E-state index in [0.717, 1.165) is 0 Å². The van der Waals surface area contributed by atoms with Crippen molar-refractivity contribution in [2.45, 2.75) is 12.5 Å². The standard InChI is InChI=1S/C14H18N4O3/c15-14(21)18-8-11(9-18)17-12(19)6-7-16-13(20)10-4-2-1-3-5-10/h1-5,11H,6-9H2,(H2,15,21)(H,16,20)(H,17,19). The Morgan fingerprint density at radius 3 is 2.48 bits per heavy atom. The predicted molar refractivity (Wildman–Crippen MR) is 76.5 cm³/mol. The van der Waals surface area contributed by atoms with Crippen molar-refractivity contribution in [3.8, 4) is 0 Å². The summed E-state index contributed by atoms with van der Waals surface area (Å²) in [5, 5.41) is 5.46. The van der Waals surface area contributed by atoms with Crippen molar-refractivity contribution >= 4 is 17.8 Å². The van der Waals surface area contributed by atoms with E-state index in [-0.39, 0.29) is 30.8 Å². The Bertz CT molecular complexity index is 526. The van der Waals surface area contributed by atoms with E-state index in [1.165, 1.54) is 4.90 Å². The summed E-state index contributed by atoms with van der Waals surface area (Å²) in [7, 11) is 0. The van der Waals surface area contributed by atoms with Gasteiger partial charge in [-0.3, -0.25) is 9.59 Å². The second-order valence-corrected chi connectivity index (χ2v) is 4.88. The zero-order chi connectivity index (χ0) is 15.2. The zero-order valence-corrected chi connectivity index (χ0v) is 11.5. The van der Waals surface area contributed by atoms with Gasteiger partial charge in [-0.05, 0) is 12.1 Å².